The van der Waals surface area contributed by atoms with E-state index in [0.29, 0.717) is 17.1 Å². The van der Waals surface area contributed by atoms with Crippen LogP contribution in [0.5, 0.6) is 0 Å². The summed E-state index contributed by atoms with van der Waals surface area (Å²) in [5.74, 6) is -0.0683. The van der Waals surface area contributed by atoms with Crippen molar-refractivity contribution in [3.63, 3.8) is 0 Å². The van der Waals surface area contributed by atoms with Gasteiger partial charge in [-0.05, 0) is 53.5 Å². The van der Waals surface area contributed by atoms with Gasteiger partial charge < -0.3 is 5.32 Å². The van der Waals surface area contributed by atoms with E-state index in [9.17, 15) is 4.79 Å². The van der Waals surface area contributed by atoms with Gasteiger partial charge in [-0.25, -0.2) is 0 Å². The Morgan fingerprint density at radius 3 is 2.84 bits per heavy atom. The van der Waals surface area contributed by atoms with E-state index < -0.39 is 0 Å². The van der Waals surface area contributed by atoms with Crippen LogP contribution >= 0.6 is 27.5 Å². The fourth-order valence-electron chi connectivity index (χ4n) is 2.09. The van der Waals surface area contributed by atoms with E-state index in [2.05, 4.69) is 33.1 Å². The van der Waals surface area contributed by atoms with Crippen molar-refractivity contribution in [1.29, 1.82) is 0 Å². The predicted octanol–water partition coefficient (Wildman–Crippen LogP) is 3.32. The van der Waals surface area contributed by atoms with Gasteiger partial charge in [0.2, 0.25) is 0 Å². The average Bonchev–Trinajstić information content (AvgIpc) is 3.22. The highest BCUT2D eigenvalue weighted by Crippen LogP contribution is 2.26. The van der Waals surface area contributed by atoms with Gasteiger partial charge in [-0.15, -0.1) is 0 Å². The SMILES string of the molecule is CCN(CCNC(=O)c1ccc(Br)c(Cl)c1)C1CC1. The van der Waals surface area contributed by atoms with Crippen molar-refractivity contribution >= 4 is 33.4 Å². The second kappa shape index (κ2) is 6.73. The van der Waals surface area contributed by atoms with Crippen molar-refractivity contribution in [2.24, 2.45) is 0 Å². The number of hydrogen-bond donors (Lipinski definition) is 1. The molecule has 5 heteroatoms. The van der Waals surface area contributed by atoms with Crippen molar-refractivity contribution in [3.05, 3.63) is 33.3 Å². The van der Waals surface area contributed by atoms with Gasteiger partial charge in [-0.2, -0.15) is 0 Å². The molecule has 104 valence electrons. The van der Waals surface area contributed by atoms with E-state index >= 15 is 0 Å². The Balaban J connectivity index is 1.81. The number of rotatable bonds is 6. The first-order valence-electron chi connectivity index (χ1n) is 6.59. The zero-order valence-corrected chi connectivity index (χ0v) is 13.3. The predicted molar refractivity (Wildman–Crippen MR) is 81.8 cm³/mol. The standard InChI is InChI=1S/C14H18BrClN2O/c1-2-18(11-4-5-11)8-7-17-14(19)10-3-6-12(15)13(16)9-10/h3,6,9,11H,2,4-5,7-8H2,1H3,(H,17,19). The topological polar surface area (TPSA) is 32.3 Å². The molecule has 0 bridgehead atoms. The summed E-state index contributed by atoms with van der Waals surface area (Å²) in [6.07, 6.45) is 2.59. The molecule has 2 rings (SSSR count). The van der Waals surface area contributed by atoms with Crippen molar-refractivity contribution < 1.29 is 4.79 Å². The number of carbonyl (C=O) groups is 1. The highest BCUT2D eigenvalue weighted by molar-refractivity contribution is 9.10. The lowest BCUT2D eigenvalue weighted by Crippen LogP contribution is -2.36. The van der Waals surface area contributed by atoms with Gasteiger partial charge >= 0.3 is 0 Å². The molecule has 1 aliphatic carbocycles. The summed E-state index contributed by atoms with van der Waals surface area (Å²) < 4.78 is 0.802. The van der Waals surface area contributed by atoms with Gasteiger partial charge in [0, 0.05) is 29.2 Å². The monoisotopic (exact) mass is 344 g/mol. The summed E-state index contributed by atoms with van der Waals surface area (Å²) in [5, 5.41) is 3.49. The van der Waals surface area contributed by atoms with Crippen molar-refractivity contribution in [2.45, 2.75) is 25.8 Å². The summed E-state index contributed by atoms with van der Waals surface area (Å²) in [6, 6.07) is 5.98. The molecule has 0 unspecified atom stereocenters. The number of hydrogen-bond acceptors (Lipinski definition) is 2. The smallest absolute Gasteiger partial charge is 0.251 e. The normalized spacial score (nSPS) is 14.7. The number of carbonyl (C=O) groups excluding carboxylic acids is 1. The van der Waals surface area contributed by atoms with Gasteiger partial charge in [0.25, 0.3) is 5.91 Å². The first-order valence-corrected chi connectivity index (χ1v) is 7.76. The Labute approximate surface area is 127 Å². The summed E-state index contributed by atoms with van der Waals surface area (Å²) in [7, 11) is 0. The molecule has 0 aliphatic heterocycles. The molecular weight excluding hydrogens is 328 g/mol. The van der Waals surface area contributed by atoms with Gasteiger partial charge in [-0.1, -0.05) is 18.5 Å². The highest BCUT2D eigenvalue weighted by atomic mass is 79.9. The minimum Gasteiger partial charge on any atom is -0.351 e. The third kappa shape index (κ3) is 4.20. The molecule has 1 aromatic carbocycles. The minimum absolute atomic E-state index is 0.0683. The summed E-state index contributed by atoms with van der Waals surface area (Å²) in [6.45, 7) is 4.80. The molecule has 0 saturated heterocycles. The fraction of sp³-hybridized carbons (Fsp3) is 0.500. The maximum absolute atomic E-state index is 12.0. The van der Waals surface area contributed by atoms with E-state index in [0.717, 1.165) is 23.6 Å². The van der Waals surface area contributed by atoms with Crippen molar-refractivity contribution in [3.8, 4) is 0 Å². The molecule has 1 aromatic rings. The molecule has 3 nitrogen and oxygen atoms in total. The molecule has 19 heavy (non-hydrogen) atoms. The molecule has 1 saturated carbocycles. The second-order valence-electron chi connectivity index (χ2n) is 4.74. The third-order valence-corrected chi connectivity index (χ3v) is 4.57. The zero-order chi connectivity index (χ0) is 13.8. The molecule has 1 fully saturated rings. The third-order valence-electron chi connectivity index (χ3n) is 3.34. The molecule has 1 N–H and O–H groups in total. The van der Waals surface area contributed by atoms with Gasteiger partial charge in [0.15, 0.2) is 0 Å². The lowest BCUT2D eigenvalue weighted by Gasteiger charge is -2.19. The van der Waals surface area contributed by atoms with Crippen molar-refractivity contribution in [1.82, 2.24) is 10.2 Å². The first kappa shape index (κ1) is 14.8. The number of halogens is 2. The first-order chi connectivity index (χ1) is 9.11. The minimum atomic E-state index is -0.0683. The molecule has 0 heterocycles. The maximum atomic E-state index is 12.0. The van der Waals surface area contributed by atoms with Crippen LogP contribution in [0.25, 0.3) is 0 Å². The van der Waals surface area contributed by atoms with Crippen LogP contribution < -0.4 is 5.32 Å². The van der Waals surface area contributed by atoms with Crippen LogP contribution in [0, 0.1) is 0 Å². The van der Waals surface area contributed by atoms with E-state index in [1.807, 2.05) is 0 Å². The van der Waals surface area contributed by atoms with Crippen LogP contribution in [0.3, 0.4) is 0 Å². The molecule has 0 spiro atoms. The molecule has 0 atom stereocenters. The zero-order valence-electron chi connectivity index (χ0n) is 11.0. The van der Waals surface area contributed by atoms with Crippen LogP contribution in [-0.4, -0.2) is 36.5 Å². The molecule has 0 aromatic heterocycles. The average molecular weight is 346 g/mol. The largest absolute Gasteiger partial charge is 0.351 e. The quantitative estimate of drug-likeness (QED) is 0.858. The summed E-state index contributed by atoms with van der Waals surface area (Å²) in [5.41, 5.74) is 0.600. The number of nitrogens with one attached hydrogen (secondary N) is 1. The van der Waals surface area contributed by atoms with E-state index in [-0.39, 0.29) is 5.91 Å². The van der Waals surface area contributed by atoms with E-state index in [1.165, 1.54) is 12.8 Å². The molecule has 1 amide bonds. The fourth-order valence-corrected chi connectivity index (χ4v) is 2.52. The second-order valence-corrected chi connectivity index (χ2v) is 6.01. The van der Waals surface area contributed by atoms with Gasteiger partial charge in [0.05, 0.1) is 5.02 Å². The number of nitrogens with zero attached hydrogens (tertiary/aromatic N) is 1. The lowest BCUT2D eigenvalue weighted by atomic mass is 10.2. The Morgan fingerprint density at radius 1 is 1.53 bits per heavy atom. The van der Waals surface area contributed by atoms with Gasteiger partial charge in [-0.3, -0.25) is 9.69 Å². The molecule has 1 aliphatic rings. The van der Waals surface area contributed by atoms with Crippen LogP contribution in [0.2, 0.25) is 5.02 Å². The lowest BCUT2D eigenvalue weighted by molar-refractivity contribution is 0.0948. The van der Waals surface area contributed by atoms with Crippen LogP contribution in [0.1, 0.15) is 30.1 Å². The van der Waals surface area contributed by atoms with E-state index in [4.69, 9.17) is 11.6 Å². The van der Waals surface area contributed by atoms with Crippen molar-refractivity contribution in [2.75, 3.05) is 19.6 Å². The van der Waals surface area contributed by atoms with Crippen LogP contribution in [0.15, 0.2) is 22.7 Å². The number of amides is 1. The summed E-state index contributed by atoms with van der Waals surface area (Å²) >= 11 is 9.29. The number of benzene rings is 1. The Hall–Kier alpha value is -0.580. The molecule has 0 radical (unpaired) electrons. The van der Waals surface area contributed by atoms with E-state index in [1.54, 1.807) is 18.2 Å². The maximum Gasteiger partial charge on any atom is 0.251 e. The summed E-state index contributed by atoms with van der Waals surface area (Å²) in [4.78, 5) is 14.4. The Morgan fingerprint density at radius 2 is 2.26 bits per heavy atom. The van der Waals surface area contributed by atoms with Crippen LogP contribution in [-0.2, 0) is 0 Å². The Bertz CT molecular complexity index is 463. The van der Waals surface area contributed by atoms with Crippen LogP contribution in [0.4, 0.5) is 0 Å². The highest BCUT2D eigenvalue weighted by Gasteiger charge is 2.27. The van der Waals surface area contributed by atoms with Gasteiger partial charge in [0.1, 0.15) is 0 Å². The Kier molecular flexibility index (Phi) is 5.25. The number of likely N-dealkylation sites (N-methyl/N-ethyl adjacent to an activating group) is 1. The molecular formula is C14H18BrClN2O.